The third kappa shape index (κ3) is 3.54. The fraction of sp³-hybridized carbons (Fsp3) is 0.375. The quantitative estimate of drug-likeness (QED) is 0.907. The largest absolute Gasteiger partial charge is 0.365 e. The van der Waals surface area contributed by atoms with Gasteiger partial charge in [-0.1, -0.05) is 6.07 Å². The second-order valence-electron chi connectivity index (χ2n) is 5.01. The van der Waals surface area contributed by atoms with E-state index in [1.807, 2.05) is 38.2 Å². The van der Waals surface area contributed by atoms with Crippen LogP contribution in [0.2, 0.25) is 0 Å². The molecule has 106 valence electrons. The van der Waals surface area contributed by atoms with Crippen molar-refractivity contribution in [2.45, 2.75) is 33.4 Å². The van der Waals surface area contributed by atoms with Gasteiger partial charge in [-0.25, -0.2) is 0 Å². The first-order valence-electron chi connectivity index (χ1n) is 6.99. The summed E-state index contributed by atoms with van der Waals surface area (Å²) in [5.41, 5.74) is 9.96. The Morgan fingerprint density at radius 3 is 2.60 bits per heavy atom. The van der Waals surface area contributed by atoms with E-state index < -0.39 is 0 Å². The molecule has 20 heavy (non-hydrogen) atoms. The van der Waals surface area contributed by atoms with Crippen LogP contribution in [0.5, 0.6) is 0 Å². The van der Waals surface area contributed by atoms with Gasteiger partial charge in [0.1, 0.15) is 0 Å². The van der Waals surface area contributed by atoms with E-state index >= 15 is 0 Å². The minimum Gasteiger partial charge on any atom is -0.365 e. The molecule has 2 rings (SSSR count). The van der Waals surface area contributed by atoms with Crippen LogP contribution in [0.1, 0.15) is 37.0 Å². The Morgan fingerprint density at radius 1 is 1.25 bits per heavy atom. The maximum Gasteiger partial charge on any atom is 0.0602 e. The lowest BCUT2D eigenvalue weighted by Gasteiger charge is -2.23. The SMILES string of the molecule is CCN(Cc1cccc(C)n1)c1ccc([C@H](C)N)nc1. The zero-order valence-electron chi connectivity index (χ0n) is 12.4. The minimum absolute atomic E-state index is 0.0300. The molecular formula is C16H22N4. The highest BCUT2D eigenvalue weighted by Crippen LogP contribution is 2.17. The molecule has 0 aliphatic carbocycles. The summed E-state index contributed by atoms with van der Waals surface area (Å²) in [7, 11) is 0. The number of pyridine rings is 2. The van der Waals surface area contributed by atoms with Crippen molar-refractivity contribution < 1.29 is 0 Å². The van der Waals surface area contributed by atoms with Gasteiger partial charge in [0.05, 0.1) is 29.8 Å². The number of hydrogen-bond donors (Lipinski definition) is 1. The first-order valence-corrected chi connectivity index (χ1v) is 6.99. The number of nitrogens with two attached hydrogens (primary N) is 1. The highest BCUT2D eigenvalue weighted by molar-refractivity contribution is 5.45. The Bertz CT molecular complexity index is 549. The Hall–Kier alpha value is -1.94. The molecule has 0 saturated heterocycles. The van der Waals surface area contributed by atoms with Gasteiger partial charge < -0.3 is 10.6 Å². The monoisotopic (exact) mass is 270 g/mol. The summed E-state index contributed by atoms with van der Waals surface area (Å²) in [4.78, 5) is 11.2. The fourth-order valence-electron chi connectivity index (χ4n) is 2.12. The molecule has 2 heterocycles. The van der Waals surface area contributed by atoms with Gasteiger partial charge >= 0.3 is 0 Å². The van der Waals surface area contributed by atoms with E-state index in [0.29, 0.717) is 0 Å². The lowest BCUT2D eigenvalue weighted by atomic mass is 10.2. The number of aromatic nitrogens is 2. The van der Waals surface area contributed by atoms with Crippen LogP contribution >= 0.6 is 0 Å². The molecule has 0 unspecified atom stereocenters. The molecule has 4 heteroatoms. The molecule has 0 aliphatic rings. The molecule has 2 aromatic rings. The average Bonchev–Trinajstić information content (AvgIpc) is 2.45. The molecule has 0 bridgehead atoms. The van der Waals surface area contributed by atoms with Crippen molar-refractivity contribution >= 4 is 5.69 Å². The summed E-state index contributed by atoms with van der Waals surface area (Å²) in [6, 6.07) is 10.1. The molecule has 0 spiro atoms. The number of aryl methyl sites for hydroxylation is 1. The average molecular weight is 270 g/mol. The number of anilines is 1. The van der Waals surface area contributed by atoms with Crippen LogP contribution in [-0.2, 0) is 6.54 Å². The molecule has 0 aliphatic heterocycles. The Balaban J connectivity index is 2.15. The second kappa shape index (κ2) is 6.48. The van der Waals surface area contributed by atoms with Crippen LogP contribution < -0.4 is 10.6 Å². The predicted octanol–water partition coefficient (Wildman–Crippen LogP) is 2.83. The predicted molar refractivity (Wildman–Crippen MR) is 82.5 cm³/mol. The molecular weight excluding hydrogens is 248 g/mol. The minimum atomic E-state index is -0.0300. The zero-order valence-corrected chi connectivity index (χ0v) is 12.4. The highest BCUT2D eigenvalue weighted by atomic mass is 15.1. The summed E-state index contributed by atoms with van der Waals surface area (Å²) in [5, 5.41) is 0. The highest BCUT2D eigenvalue weighted by Gasteiger charge is 2.08. The summed E-state index contributed by atoms with van der Waals surface area (Å²) in [6.07, 6.45) is 1.89. The second-order valence-corrected chi connectivity index (χ2v) is 5.01. The smallest absolute Gasteiger partial charge is 0.0602 e. The lowest BCUT2D eigenvalue weighted by Crippen LogP contribution is -2.23. The van der Waals surface area contributed by atoms with E-state index in [2.05, 4.69) is 33.9 Å². The van der Waals surface area contributed by atoms with Crippen molar-refractivity contribution in [3.8, 4) is 0 Å². The van der Waals surface area contributed by atoms with Crippen molar-refractivity contribution in [2.75, 3.05) is 11.4 Å². The van der Waals surface area contributed by atoms with Gasteiger partial charge in [-0.05, 0) is 45.0 Å². The van der Waals surface area contributed by atoms with Gasteiger partial charge in [0.25, 0.3) is 0 Å². The van der Waals surface area contributed by atoms with E-state index in [4.69, 9.17) is 5.73 Å². The maximum atomic E-state index is 5.83. The van der Waals surface area contributed by atoms with Crippen molar-refractivity contribution in [2.24, 2.45) is 5.73 Å². The first kappa shape index (κ1) is 14.5. The third-order valence-electron chi connectivity index (χ3n) is 3.28. The molecule has 1 atom stereocenters. The number of rotatable bonds is 5. The number of nitrogens with zero attached hydrogens (tertiary/aromatic N) is 3. The van der Waals surface area contributed by atoms with E-state index in [1.165, 1.54) is 0 Å². The van der Waals surface area contributed by atoms with E-state index in [0.717, 1.165) is 35.9 Å². The molecule has 0 aromatic carbocycles. The molecule has 2 N–H and O–H groups in total. The summed E-state index contributed by atoms with van der Waals surface area (Å²) >= 11 is 0. The van der Waals surface area contributed by atoms with Crippen LogP contribution in [0, 0.1) is 6.92 Å². The van der Waals surface area contributed by atoms with Gasteiger partial charge in [0.15, 0.2) is 0 Å². The van der Waals surface area contributed by atoms with Crippen molar-refractivity contribution in [3.05, 3.63) is 53.6 Å². The summed E-state index contributed by atoms with van der Waals surface area (Å²) < 4.78 is 0. The summed E-state index contributed by atoms with van der Waals surface area (Å²) in [6.45, 7) is 7.79. The molecule has 0 saturated carbocycles. The molecule has 4 nitrogen and oxygen atoms in total. The molecule has 2 aromatic heterocycles. The van der Waals surface area contributed by atoms with Gasteiger partial charge in [-0.15, -0.1) is 0 Å². The van der Waals surface area contributed by atoms with Crippen LogP contribution in [0.25, 0.3) is 0 Å². The van der Waals surface area contributed by atoms with Crippen molar-refractivity contribution in [3.63, 3.8) is 0 Å². The van der Waals surface area contributed by atoms with Crippen molar-refractivity contribution in [1.29, 1.82) is 0 Å². The molecule has 0 amide bonds. The molecule has 0 radical (unpaired) electrons. The summed E-state index contributed by atoms with van der Waals surface area (Å²) in [5.74, 6) is 0. The van der Waals surface area contributed by atoms with E-state index in [-0.39, 0.29) is 6.04 Å². The van der Waals surface area contributed by atoms with Crippen molar-refractivity contribution in [1.82, 2.24) is 9.97 Å². The standard InChI is InChI=1S/C16H22N4/c1-4-20(11-14-7-5-6-12(2)19-14)15-8-9-16(13(3)17)18-10-15/h5-10,13H,4,11,17H2,1-3H3/t13-/m0/s1. The van der Waals surface area contributed by atoms with E-state index in [9.17, 15) is 0 Å². The Labute approximate surface area is 120 Å². The lowest BCUT2D eigenvalue weighted by molar-refractivity contribution is 0.770. The maximum absolute atomic E-state index is 5.83. The van der Waals surface area contributed by atoms with Gasteiger partial charge in [0, 0.05) is 18.3 Å². The zero-order chi connectivity index (χ0) is 14.5. The van der Waals surface area contributed by atoms with Crippen LogP contribution in [0.15, 0.2) is 36.5 Å². The third-order valence-corrected chi connectivity index (χ3v) is 3.28. The topological polar surface area (TPSA) is 55.0 Å². The van der Waals surface area contributed by atoms with Gasteiger partial charge in [-0.3, -0.25) is 9.97 Å². The Morgan fingerprint density at radius 2 is 2.05 bits per heavy atom. The van der Waals surface area contributed by atoms with E-state index in [1.54, 1.807) is 0 Å². The van der Waals surface area contributed by atoms with Crippen LogP contribution in [-0.4, -0.2) is 16.5 Å². The van der Waals surface area contributed by atoms with Crippen LogP contribution in [0.4, 0.5) is 5.69 Å². The first-order chi connectivity index (χ1) is 9.60. The Kier molecular flexibility index (Phi) is 4.69. The molecule has 0 fully saturated rings. The van der Waals surface area contributed by atoms with Gasteiger partial charge in [0.2, 0.25) is 0 Å². The van der Waals surface area contributed by atoms with Crippen LogP contribution in [0.3, 0.4) is 0 Å². The fourth-order valence-corrected chi connectivity index (χ4v) is 2.12. The number of hydrogen-bond acceptors (Lipinski definition) is 4. The normalized spacial score (nSPS) is 12.2. The van der Waals surface area contributed by atoms with Gasteiger partial charge in [-0.2, -0.15) is 0 Å².